The molecule has 0 amide bonds. The second-order valence-corrected chi connectivity index (χ2v) is 10.3. The Bertz CT molecular complexity index is 961. The van der Waals surface area contributed by atoms with Crippen LogP contribution in [0.2, 0.25) is 0 Å². The number of hydrogen-bond acceptors (Lipinski definition) is 2. The van der Waals surface area contributed by atoms with Crippen molar-refractivity contribution in [2.45, 2.75) is 8.45 Å². The Kier molecular flexibility index (Phi) is 6.93. The third-order valence-corrected chi connectivity index (χ3v) is 9.57. The molecule has 3 heteroatoms. The molecule has 0 fully saturated rings. The second kappa shape index (κ2) is 9.40. The molecule has 3 aromatic carbocycles. The third kappa shape index (κ3) is 3.49. The summed E-state index contributed by atoms with van der Waals surface area (Å²) in [6, 6.07) is 26.7. The number of allylic oxidation sites excluding steroid dienone is 1. The molecule has 2 aliphatic rings. The summed E-state index contributed by atoms with van der Waals surface area (Å²) in [5, 5.41) is 16.5. The van der Waals surface area contributed by atoms with E-state index in [1.807, 2.05) is 0 Å². The van der Waals surface area contributed by atoms with Crippen LogP contribution in [0.5, 0.6) is 0 Å². The van der Waals surface area contributed by atoms with E-state index in [1.165, 1.54) is 33.4 Å². The van der Waals surface area contributed by atoms with E-state index in [4.69, 9.17) is 15.0 Å². The molecule has 3 aromatic rings. The molecule has 0 aliphatic heterocycles. The van der Waals surface area contributed by atoms with Crippen LogP contribution in [0.3, 0.4) is 0 Å². The Morgan fingerprint density at radius 1 is 0.679 bits per heavy atom. The van der Waals surface area contributed by atoms with Crippen LogP contribution in [0.1, 0.15) is 30.7 Å². The zero-order valence-electron chi connectivity index (χ0n) is 16.3. The van der Waals surface area contributed by atoms with Gasteiger partial charge in [-0.15, -0.1) is 0 Å². The molecule has 0 saturated heterocycles. The number of hydrogen-bond donors (Lipinski definition) is 0. The van der Waals surface area contributed by atoms with E-state index >= 15 is 0 Å². The average molecular weight is 404 g/mol. The molecule has 28 heavy (non-hydrogen) atoms. The molecule has 0 saturated carbocycles. The molecule has 0 aromatic heterocycles. The summed E-state index contributed by atoms with van der Waals surface area (Å²) < 4.78 is 1.07. The number of benzene rings is 3. The average Bonchev–Trinajstić information content (AvgIpc) is 3.36. The van der Waals surface area contributed by atoms with E-state index < -0.39 is 17.4 Å². The van der Waals surface area contributed by atoms with Crippen LogP contribution in [0.4, 0.5) is 0 Å². The van der Waals surface area contributed by atoms with Crippen molar-refractivity contribution < 1.29 is 27.6 Å². The van der Waals surface area contributed by atoms with Gasteiger partial charge in [-0.2, -0.15) is 14.2 Å². The fourth-order valence-corrected chi connectivity index (χ4v) is 8.47. The maximum absolute atomic E-state index is 8.25. The Morgan fingerprint density at radius 3 is 1.71 bits per heavy atom. The molecule has 5 rings (SSSR count). The standard InChI is InChI=1S/C13H9.C9H7.2CH3O.CH2.Ti/c1-3-7-12-10(5-1)9-11-6-2-4-8-13(11)12;1-2-5-9-7-3-6-8(9)4-1;2*1-2;;/h1-9H;1-7H;2*1H3;1H2;/q;;2*-1;;+2. The van der Waals surface area contributed by atoms with Gasteiger partial charge >= 0.3 is 149 Å². The van der Waals surface area contributed by atoms with Crippen molar-refractivity contribution in [3.05, 3.63) is 101 Å². The molecule has 0 bridgehead atoms. The van der Waals surface area contributed by atoms with Gasteiger partial charge in [0.05, 0.1) is 0 Å². The quantitative estimate of drug-likeness (QED) is 0.614. The van der Waals surface area contributed by atoms with Gasteiger partial charge in [-0.05, 0) is 0 Å². The van der Waals surface area contributed by atoms with Crippen molar-refractivity contribution in [1.29, 1.82) is 0 Å². The van der Waals surface area contributed by atoms with Gasteiger partial charge in [0.25, 0.3) is 0 Å². The van der Waals surface area contributed by atoms with Crippen LogP contribution in [0.25, 0.3) is 17.2 Å². The van der Waals surface area contributed by atoms with Crippen molar-refractivity contribution in [1.82, 2.24) is 0 Å². The minimum atomic E-state index is -1.68. The first kappa shape index (κ1) is 20.6. The van der Waals surface area contributed by atoms with E-state index in [0.29, 0.717) is 8.45 Å². The Morgan fingerprint density at radius 2 is 1.14 bits per heavy atom. The molecule has 0 radical (unpaired) electrons. The zero-order valence-corrected chi connectivity index (χ0v) is 17.8. The normalized spacial score (nSPS) is 15.0. The van der Waals surface area contributed by atoms with E-state index in [-0.39, 0.29) is 0 Å². The molecule has 1 atom stereocenters. The van der Waals surface area contributed by atoms with Gasteiger partial charge in [0.2, 0.25) is 0 Å². The van der Waals surface area contributed by atoms with Crippen LogP contribution in [0, 0.1) is 0 Å². The van der Waals surface area contributed by atoms with Crippen LogP contribution in [0.15, 0.2) is 78.9 Å². The minimum absolute atomic E-state index is 0.526. The summed E-state index contributed by atoms with van der Waals surface area (Å²) in [6.07, 6.45) is 4.71. The molecule has 0 spiro atoms. The molecule has 0 heterocycles. The van der Waals surface area contributed by atoms with Gasteiger partial charge < -0.3 is 10.2 Å². The fraction of sp³-hybridized carbons (Fsp3) is 0.160. The summed E-state index contributed by atoms with van der Waals surface area (Å²) in [5.41, 5.74) is 8.71. The van der Waals surface area contributed by atoms with Gasteiger partial charge in [-0.3, -0.25) is 0 Å². The summed E-state index contributed by atoms with van der Waals surface area (Å²) in [4.78, 5) is 4.81. The van der Waals surface area contributed by atoms with Crippen LogP contribution >= 0.6 is 0 Å². The van der Waals surface area contributed by atoms with Crippen LogP contribution in [-0.2, 0) is 17.4 Å². The first-order valence-corrected chi connectivity index (χ1v) is 12.2. The van der Waals surface area contributed by atoms with E-state index in [2.05, 4.69) is 84.9 Å². The predicted octanol–water partition coefficient (Wildman–Crippen LogP) is 3.53. The summed E-state index contributed by atoms with van der Waals surface area (Å²) >= 11 is -1.68. The number of fused-ring (bicyclic) bond motifs is 4. The van der Waals surface area contributed by atoms with E-state index in [0.717, 1.165) is 14.2 Å². The van der Waals surface area contributed by atoms with Crippen molar-refractivity contribution >= 4 is 10.9 Å². The monoisotopic (exact) mass is 404 g/mol. The summed E-state index contributed by atoms with van der Waals surface area (Å²) in [5.74, 6) is 0. The molecule has 2 aliphatic carbocycles. The van der Waals surface area contributed by atoms with Gasteiger partial charge in [0.1, 0.15) is 0 Å². The fourth-order valence-electron chi connectivity index (χ4n) is 4.31. The van der Waals surface area contributed by atoms with Crippen molar-refractivity contribution in [3.63, 3.8) is 0 Å². The van der Waals surface area contributed by atoms with E-state index in [1.54, 1.807) is 0 Å². The predicted molar refractivity (Wildman–Crippen MR) is 111 cm³/mol. The molecule has 1 unspecified atom stereocenters. The van der Waals surface area contributed by atoms with Gasteiger partial charge in [-0.25, -0.2) is 0 Å². The third-order valence-electron chi connectivity index (χ3n) is 5.40. The summed E-state index contributed by atoms with van der Waals surface area (Å²) in [6.45, 7) is 0. The first-order chi connectivity index (χ1) is 13.8. The maximum atomic E-state index is 8.25. The molecule has 0 N–H and O–H groups in total. The Balaban J connectivity index is 0.000000531. The second-order valence-electron chi connectivity index (χ2n) is 6.65. The van der Waals surface area contributed by atoms with Crippen molar-refractivity contribution in [3.8, 4) is 11.1 Å². The molecule has 140 valence electrons. The van der Waals surface area contributed by atoms with Gasteiger partial charge in [0, 0.05) is 0 Å². The van der Waals surface area contributed by atoms with E-state index in [9.17, 15) is 0 Å². The molecule has 2 nitrogen and oxygen atoms in total. The summed E-state index contributed by atoms with van der Waals surface area (Å²) in [7, 11) is 1.50. The van der Waals surface area contributed by atoms with Gasteiger partial charge in [0.15, 0.2) is 0 Å². The SMILES string of the molecule is C[O-].C[O-].[CH2]=[Ti+2]([CH]1C=Cc2ccccc21)[CH]1c2ccccc2-c2ccccc21. The number of rotatable bonds is 2. The van der Waals surface area contributed by atoms with Gasteiger partial charge in [-0.1, -0.05) is 0 Å². The van der Waals surface area contributed by atoms with Crippen molar-refractivity contribution in [2.75, 3.05) is 14.2 Å². The Hall–Kier alpha value is -2.10. The topological polar surface area (TPSA) is 46.1 Å². The first-order valence-electron chi connectivity index (χ1n) is 9.30. The zero-order chi connectivity index (χ0) is 20.1. The Labute approximate surface area is 173 Å². The molecular formula is C25H24O2Ti. The van der Waals surface area contributed by atoms with Crippen LogP contribution < -0.4 is 10.2 Å². The molecular weight excluding hydrogens is 380 g/mol. The van der Waals surface area contributed by atoms with Crippen LogP contribution in [-0.4, -0.2) is 19.0 Å². The van der Waals surface area contributed by atoms with Crippen molar-refractivity contribution in [2.24, 2.45) is 0 Å².